The van der Waals surface area contributed by atoms with Crippen LogP contribution in [0, 0.1) is 10.7 Å². The van der Waals surface area contributed by atoms with E-state index in [1.807, 2.05) is 22.9 Å². The first-order valence-electron chi connectivity index (χ1n) is 1.92. The molecule has 42 valence electrons. The van der Waals surface area contributed by atoms with E-state index in [0.717, 1.165) is 0 Å². The standard InChI is InChI=1S/C4H4S.CHNS/c1-2-4-5-3-1;2-1-3/h1-4H;3H. The van der Waals surface area contributed by atoms with Gasteiger partial charge in [0.05, 0.1) is 0 Å². The summed E-state index contributed by atoms with van der Waals surface area (Å²) in [6, 6.07) is 4.04. The molecule has 0 radical (unpaired) electrons. The lowest BCUT2D eigenvalue weighted by Crippen LogP contribution is -1.16. The number of nitriles is 1. The van der Waals surface area contributed by atoms with Gasteiger partial charge in [-0.25, -0.2) is 0 Å². The number of hydrogen-bond donors (Lipinski definition) is 1. The van der Waals surface area contributed by atoms with E-state index in [4.69, 9.17) is 5.26 Å². The summed E-state index contributed by atoms with van der Waals surface area (Å²) in [5.41, 5.74) is 0. The van der Waals surface area contributed by atoms with E-state index in [9.17, 15) is 0 Å². The summed E-state index contributed by atoms with van der Waals surface area (Å²) in [5.74, 6) is 0. The SMILES string of the molecule is N#CS.c1ccsc1. The molecule has 1 nitrogen and oxygen atoms in total. The molecule has 0 aliphatic rings. The number of thiophene rings is 1. The molecule has 0 fully saturated rings. The molecular weight excluding hydrogens is 138 g/mol. The largest absolute Gasteiger partial charge is 0.185 e. The molecule has 0 aromatic carbocycles. The van der Waals surface area contributed by atoms with Crippen LogP contribution < -0.4 is 0 Å². The molecule has 1 rings (SSSR count). The minimum Gasteiger partial charge on any atom is -0.185 e. The molecule has 0 aliphatic heterocycles. The third-order valence-corrected chi connectivity index (χ3v) is 1.05. The van der Waals surface area contributed by atoms with Crippen LogP contribution in [-0.4, -0.2) is 0 Å². The van der Waals surface area contributed by atoms with Gasteiger partial charge in [0.25, 0.3) is 0 Å². The zero-order chi connectivity index (χ0) is 6.24. The molecular formula is C5H5NS2. The maximum atomic E-state index is 7.18. The van der Waals surface area contributed by atoms with Gasteiger partial charge in [-0.2, -0.15) is 16.6 Å². The van der Waals surface area contributed by atoms with Gasteiger partial charge in [-0.15, -0.1) is 0 Å². The third kappa shape index (κ3) is 5.54. The van der Waals surface area contributed by atoms with Crippen LogP contribution in [0.25, 0.3) is 0 Å². The Hall–Kier alpha value is -0.460. The number of hydrogen-bond acceptors (Lipinski definition) is 3. The van der Waals surface area contributed by atoms with Crippen LogP contribution in [0.1, 0.15) is 0 Å². The Morgan fingerprint density at radius 1 is 1.38 bits per heavy atom. The van der Waals surface area contributed by atoms with Crippen molar-refractivity contribution in [2.45, 2.75) is 0 Å². The van der Waals surface area contributed by atoms with Crippen molar-refractivity contribution in [2.24, 2.45) is 0 Å². The number of nitrogens with zero attached hydrogens (tertiary/aromatic N) is 1. The van der Waals surface area contributed by atoms with Crippen LogP contribution in [0.2, 0.25) is 0 Å². The molecule has 0 aliphatic carbocycles. The third-order valence-electron chi connectivity index (χ3n) is 0.425. The fourth-order valence-electron chi connectivity index (χ4n) is 0.227. The van der Waals surface area contributed by atoms with Crippen molar-refractivity contribution in [2.75, 3.05) is 0 Å². The van der Waals surface area contributed by atoms with Crippen LogP contribution in [-0.2, 0) is 0 Å². The van der Waals surface area contributed by atoms with Crippen molar-refractivity contribution in [3.8, 4) is 5.40 Å². The Balaban J connectivity index is 0.000000145. The highest BCUT2D eigenvalue weighted by molar-refractivity contribution is 7.85. The first-order valence-corrected chi connectivity index (χ1v) is 3.31. The second-order valence-electron chi connectivity index (χ2n) is 0.893. The van der Waals surface area contributed by atoms with E-state index in [-0.39, 0.29) is 0 Å². The summed E-state index contributed by atoms with van der Waals surface area (Å²) in [7, 11) is 0. The molecule has 0 amide bonds. The molecule has 3 heteroatoms. The van der Waals surface area contributed by atoms with Gasteiger partial charge in [0.2, 0.25) is 0 Å². The van der Waals surface area contributed by atoms with Crippen molar-refractivity contribution in [3.63, 3.8) is 0 Å². The predicted molar refractivity (Wildman–Crippen MR) is 38.9 cm³/mol. The van der Waals surface area contributed by atoms with Gasteiger partial charge in [-0.1, -0.05) is 24.8 Å². The second kappa shape index (κ2) is 6.54. The van der Waals surface area contributed by atoms with Crippen molar-refractivity contribution >= 4 is 24.0 Å². The Bertz CT molecular complexity index is 123. The lowest BCUT2D eigenvalue weighted by Gasteiger charge is -1.39. The summed E-state index contributed by atoms with van der Waals surface area (Å²) >= 11 is 4.81. The van der Waals surface area contributed by atoms with Crippen LogP contribution in [0.15, 0.2) is 22.9 Å². The first kappa shape index (κ1) is 7.54. The summed E-state index contributed by atoms with van der Waals surface area (Å²) < 4.78 is 0. The fourth-order valence-corrected chi connectivity index (χ4v) is 0.680. The number of thiol groups is 1. The van der Waals surface area contributed by atoms with Gasteiger partial charge in [0.15, 0.2) is 0 Å². The van der Waals surface area contributed by atoms with Gasteiger partial charge < -0.3 is 0 Å². The van der Waals surface area contributed by atoms with E-state index in [0.29, 0.717) is 0 Å². The Labute approximate surface area is 58.0 Å². The molecule has 0 saturated heterocycles. The van der Waals surface area contributed by atoms with Crippen molar-refractivity contribution in [1.29, 1.82) is 5.26 Å². The van der Waals surface area contributed by atoms with Gasteiger partial charge in [-0.3, -0.25) is 0 Å². The summed E-state index contributed by atoms with van der Waals surface area (Å²) in [5, 5.41) is 12.7. The molecule has 1 heterocycles. The van der Waals surface area contributed by atoms with E-state index in [1.54, 1.807) is 11.3 Å². The fraction of sp³-hybridized carbons (Fsp3) is 0. The minimum absolute atomic E-state index is 1.44. The topological polar surface area (TPSA) is 23.8 Å². The average molecular weight is 143 g/mol. The Kier molecular flexibility index (Phi) is 6.16. The van der Waals surface area contributed by atoms with Crippen molar-refractivity contribution in [3.05, 3.63) is 22.9 Å². The molecule has 0 spiro atoms. The smallest absolute Gasteiger partial charge is 0.130 e. The Morgan fingerprint density at radius 3 is 1.88 bits per heavy atom. The van der Waals surface area contributed by atoms with E-state index < -0.39 is 0 Å². The first-order chi connectivity index (χ1) is 3.91. The van der Waals surface area contributed by atoms with Crippen molar-refractivity contribution in [1.82, 2.24) is 0 Å². The van der Waals surface area contributed by atoms with E-state index >= 15 is 0 Å². The summed E-state index contributed by atoms with van der Waals surface area (Å²) in [6.45, 7) is 0. The quantitative estimate of drug-likeness (QED) is 0.436. The van der Waals surface area contributed by atoms with Gasteiger partial charge in [-0.05, 0) is 10.8 Å². The van der Waals surface area contributed by atoms with Crippen LogP contribution in [0.3, 0.4) is 0 Å². The van der Waals surface area contributed by atoms with Crippen LogP contribution in [0.5, 0.6) is 0 Å². The van der Waals surface area contributed by atoms with Crippen molar-refractivity contribution < 1.29 is 0 Å². The summed E-state index contributed by atoms with van der Waals surface area (Å²) in [6.07, 6.45) is 0. The highest BCUT2D eigenvalue weighted by Gasteiger charge is 1.58. The summed E-state index contributed by atoms with van der Waals surface area (Å²) in [4.78, 5) is 0. The van der Waals surface area contributed by atoms with Gasteiger partial charge in [0.1, 0.15) is 5.40 Å². The Morgan fingerprint density at radius 2 is 1.75 bits per heavy atom. The number of rotatable bonds is 0. The molecule has 8 heavy (non-hydrogen) atoms. The molecule has 0 atom stereocenters. The lowest BCUT2D eigenvalue weighted by atomic mass is 10.7. The lowest BCUT2D eigenvalue weighted by molar-refractivity contribution is 1.57. The monoisotopic (exact) mass is 143 g/mol. The maximum Gasteiger partial charge on any atom is 0.130 e. The zero-order valence-electron chi connectivity index (χ0n) is 4.11. The second-order valence-corrected chi connectivity index (χ2v) is 1.91. The molecule has 0 bridgehead atoms. The average Bonchev–Trinajstić information content (AvgIpc) is 2.17. The molecule has 0 unspecified atom stereocenters. The van der Waals surface area contributed by atoms with E-state index in [1.165, 1.54) is 5.40 Å². The van der Waals surface area contributed by atoms with Gasteiger partial charge in [0, 0.05) is 0 Å². The number of thiocyanates is 1. The molecule has 0 N–H and O–H groups in total. The van der Waals surface area contributed by atoms with Crippen LogP contribution in [0.4, 0.5) is 0 Å². The van der Waals surface area contributed by atoms with Gasteiger partial charge >= 0.3 is 0 Å². The normalized spacial score (nSPS) is 6.00. The molecule has 1 aromatic rings. The van der Waals surface area contributed by atoms with Crippen LogP contribution >= 0.6 is 24.0 Å². The minimum atomic E-state index is 1.44. The van der Waals surface area contributed by atoms with E-state index in [2.05, 4.69) is 12.6 Å². The highest BCUT2D eigenvalue weighted by Crippen LogP contribution is 1.91. The molecule has 1 aromatic heterocycles. The predicted octanol–water partition coefficient (Wildman–Crippen LogP) is 2.15. The zero-order valence-corrected chi connectivity index (χ0v) is 5.82. The molecule has 0 saturated carbocycles. The highest BCUT2D eigenvalue weighted by atomic mass is 32.1. The maximum absolute atomic E-state index is 7.18.